The lowest BCUT2D eigenvalue weighted by molar-refractivity contribution is -0.122. The zero-order valence-electron chi connectivity index (χ0n) is 7.51. The highest BCUT2D eigenvalue weighted by atomic mass is 16.5. The second-order valence-electron chi connectivity index (χ2n) is 2.20. The fourth-order valence-corrected chi connectivity index (χ4v) is 0.632. The van der Waals surface area contributed by atoms with E-state index >= 15 is 0 Å². The van der Waals surface area contributed by atoms with E-state index in [-0.39, 0.29) is 5.91 Å². The van der Waals surface area contributed by atoms with Crippen molar-refractivity contribution in [1.29, 1.82) is 0 Å². The molecule has 0 aromatic heterocycles. The molecule has 0 aliphatic carbocycles. The number of alkyl carbamates (subject to hydrolysis) is 1. The molecule has 0 aliphatic rings. The van der Waals surface area contributed by atoms with Gasteiger partial charge in [0.1, 0.15) is 6.04 Å². The Kier molecular flexibility index (Phi) is 4.83. The first-order valence-electron chi connectivity index (χ1n) is 3.76. The summed E-state index contributed by atoms with van der Waals surface area (Å²) in [4.78, 5) is 21.6. The van der Waals surface area contributed by atoms with E-state index in [1.165, 1.54) is 7.05 Å². The quantitative estimate of drug-likeness (QED) is 0.626. The van der Waals surface area contributed by atoms with Crippen LogP contribution in [0, 0.1) is 0 Å². The van der Waals surface area contributed by atoms with E-state index in [4.69, 9.17) is 0 Å². The third-order valence-corrected chi connectivity index (χ3v) is 1.25. The smallest absolute Gasteiger partial charge is 0.407 e. The van der Waals surface area contributed by atoms with Crippen LogP contribution in [0.5, 0.6) is 0 Å². The second kappa shape index (κ2) is 5.40. The largest absolute Gasteiger partial charge is 0.450 e. The maximum atomic E-state index is 10.9. The van der Waals surface area contributed by atoms with E-state index in [0.717, 1.165) is 0 Å². The number of hydrogen-bond acceptors (Lipinski definition) is 3. The van der Waals surface area contributed by atoms with Crippen molar-refractivity contribution >= 4 is 12.0 Å². The Balaban J connectivity index is 3.75. The average molecular weight is 174 g/mol. The van der Waals surface area contributed by atoms with Gasteiger partial charge < -0.3 is 15.4 Å². The molecule has 1 atom stereocenters. The molecule has 0 saturated heterocycles. The van der Waals surface area contributed by atoms with Gasteiger partial charge >= 0.3 is 6.09 Å². The van der Waals surface area contributed by atoms with Crippen molar-refractivity contribution in [3.63, 3.8) is 0 Å². The molecule has 5 nitrogen and oxygen atoms in total. The van der Waals surface area contributed by atoms with Crippen molar-refractivity contribution in [2.75, 3.05) is 13.7 Å². The molecule has 0 aromatic carbocycles. The van der Waals surface area contributed by atoms with E-state index in [0.29, 0.717) is 6.61 Å². The summed E-state index contributed by atoms with van der Waals surface area (Å²) in [5, 5.41) is 4.76. The third-order valence-electron chi connectivity index (χ3n) is 1.25. The molecular formula is C7H14N2O3. The number of amides is 2. The lowest BCUT2D eigenvalue weighted by Crippen LogP contribution is -2.43. The summed E-state index contributed by atoms with van der Waals surface area (Å²) in [5.74, 6) is -0.247. The molecule has 0 aromatic rings. The zero-order valence-corrected chi connectivity index (χ0v) is 7.51. The van der Waals surface area contributed by atoms with Gasteiger partial charge in [0.05, 0.1) is 6.61 Å². The van der Waals surface area contributed by atoms with Gasteiger partial charge in [0.25, 0.3) is 0 Å². The number of likely N-dealkylation sites (N-methyl/N-ethyl adjacent to an activating group) is 1. The molecule has 70 valence electrons. The number of carbonyl (C=O) groups excluding carboxylic acids is 2. The molecule has 12 heavy (non-hydrogen) atoms. The van der Waals surface area contributed by atoms with E-state index in [1.54, 1.807) is 13.8 Å². The van der Waals surface area contributed by atoms with Crippen LogP contribution in [0.2, 0.25) is 0 Å². The molecule has 0 aliphatic heterocycles. The van der Waals surface area contributed by atoms with Crippen LogP contribution in [0.1, 0.15) is 13.8 Å². The van der Waals surface area contributed by atoms with Gasteiger partial charge in [0, 0.05) is 7.05 Å². The minimum Gasteiger partial charge on any atom is -0.450 e. The number of rotatable bonds is 3. The molecule has 0 heterocycles. The minimum atomic E-state index is -0.575. The number of carbonyl (C=O) groups is 2. The van der Waals surface area contributed by atoms with Gasteiger partial charge in [-0.1, -0.05) is 0 Å². The Hall–Kier alpha value is -1.26. The summed E-state index contributed by atoms with van der Waals surface area (Å²) in [6.07, 6.45) is -0.575. The molecule has 2 amide bonds. The topological polar surface area (TPSA) is 67.4 Å². The average Bonchev–Trinajstić information content (AvgIpc) is 2.03. The number of hydrogen-bond donors (Lipinski definition) is 2. The molecule has 0 spiro atoms. The molecule has 5 heteroatoms. The SMILES string of the molecule is CCOC(=O)NC(C)C(=O)NC. The summed E-state index contributed by atoms with van der Waals surface area (Å²) in [6.45, 7) is 3.58. The van der Waals surface area contributed by atoms with Gasteiger partial charge in [-0.25, -0.2) is 4.79 Å². The van der Waals surface area contributed by atoms with Gasteiger partial charge in [-0.05, 0) is 13.8 Å². The van der Waals surface area contributed by atoms with E-state index < -0.39 is 12.1 Å². The number of nitrogens with one attached hydrogen (secondary N) is 2. The predicted octanol–water partition coefficient (Wildman–Crippen LogP) is -0.133. The predicted molar refractivity (Wildman–Crippen MR) is 43.7 cm³/mol. The first-order chi connectivity index (χ1) is 5.61. The Labute approximate surface area is 71.5 Å². The molecule has 2 N–H and O–H groups in total. The van der Waals surface area contributed by atoms with E-state index in [9.17, 15) is 9.59 Å². The highest BCUT2D eigenvalue weighted by Crippen LogP contribution is 1.83. The van der Waals surface area contributed by atoms with Crippen LogP contribution in [-0.2, 0) is 9.53 Å². The zero-order chi connectivity index (χ0) is 9.56. The highest BCUT2D eigenvalue weighted by molar-refractivity contribution is 5.84. The van der Waals surface area contributed by atoms with Crippen molar-refractivity contribution in [1.82, 2.24) is 10.6 Å². The van der Waals surface area contributed by atoms with Gasteiger partial charge in [-0.15, -0.1) is 0 Å². The Morgan fingerprint density at radius 2 is 2.08 bits per heavy atom. The highest BCUT2D eigenvalue weighted by Gasteiger charge is 2.13. The van der Waals surface area contributed by atoms with Crippen molar-refractivity contribution in [3.05, 3.63) is 0 Å². The molecule has 0 radical (unpaired) electrons. The standard InChI is InChI=1S/C7H14N2O3/c1-4-12-7(11)9-5(2)6(10)8-3/h5H,4H2,1-3H3,(H,8,10)(H,9,11). The van der Waals surface area contributed by atoms with Crippen LogP contribution in [0.4, 0.5) is 4.79 Å². The maximum Gasteiger partial charge on any atom is 0.407 e. The normalized spacial score (nSPS) is 11.6. The summed E-state index contributed by atoms with van der Waals surface area (Å²) in [5.41, 5.74) is 0. The Bertz CT molecular complexity index is 170. The molecule has 0 fully saturated rings. The maximum absolute atomic E-state index is 10.9. The van der Waals surface area contributed by atoms with Crippen molar-refractivity contribution in [2.24, 2.45) is 0 Å². The van der Waals surface area contributed by atoms with Crippen LogP contribution in [0.25, 0.3) is 0 Å². The molecule has 0 bridgehead atoms. The summed E-state index contributed by atoms with van der Waals surface area (Å²) < 4.78 is 4.58. The van der Waals surface area contributed by atoms with E-state index in [2.05, 4.69) is 15.4 Å². The minimum absolute atomic E-state index is 0.247. The van der Waals surface area contributed by atoms with E-state index in [1.807, 2.05) is 0 Å². The van der Waals surface area contributed by atoms with Crippen LogP contribution in [0.3, 0.4) is 0 Å². The third kappa shape index (κ3) is 3.80. The molecule has 0 saturated carbocycles. The van der Waals surface area contributed by atoms with Gasteiger partial charge in [0.2, 0.25) is 5.91 Å². The van der Waals surface area contributed by atoms with Crippen LogP contribution >= 0.6 is 0 Å². The monoisotopic (exact) mass is 174 g/mol. The Morgan fingerprint density at radius 3 is 2.50 bits per heavy atom. The van der Waals surface area contributed by atoms with Crippen LogP contribution < -0.4 is 10.6 Å². The Morgan fingerprint density at radius 1 is 1.50 bits per heavy atom. The fraction of sp³-hybridized carbons (Fsp3) is 0.714. The lowest BCUT2D eigenvalue weighted by atomic mass is 10.3. The molecule has 1 unspecified atom stereocenters. The van der Waals surface area contributed by atoms with Crippen molar-refractivity contribution in [2.45, 2.75) is 19.9 Å². The first-order valence-corrected chi connectivity index (χ1v) is 3.76. The van der Waals surface area contributed by atoms with Gasteiger partial charge in [-0.3, -0.25) is 4.79 Å². The molecule has 0 rings (SSSR count). The summed E-state index contributed by atoms with van der Waals surface area (Å²) >= 11 is 0. The summed E-state index contributed by atoms with van der Waals surface area (Å²) in [6, 6.07) is -0.561. The second-order valence-corrected chi connectivity index (χ2v) is 2.20. The first kappa shape index (κ1) is 10.7. The van der Waals surface area contributed by atoms with Gasteiger partial charge in [0.15, 0.2) is 0 Å². The van der Waals surface area contributed by atoms with Crippen molar-refractivity contribution < 1.29 is 14.3 Å². The van der Waals surface area contributed by atoms with Crippen LogP contribution in [-0.4, -0.2) is 31.7 Å². The van der Waals surface area contributed by atoms with Gasteiger partial charge in [-0.2, -0.15) is 0 Å². The lowest BCUT2D eigenvalue weighted by Gasteiger charge is -2.11. The van der Waals surface area contributed by atoms with Crippen LogP contribution in [0.15, 0.2) is 0 Å². The fourth-order valence-electron chi connectivity index (χ4n) is 0.632. The molecular weight excluding hydrogens is 160 g/mol. The number of ether oxygens (including phenoxy) is 1. The van der Waals surface area contributed by atoms with Crippen molar-refractivity contribution in [3.8, 4) is 0 Å². The summed E-state index contributed by atoms with van der Waals surface area (Å²) in [7, 11) is 1.51.